The Hall–Kier alpha value is -1.79. The summed E-state index contributed by atoms with van der Waals surface area (Å²) in [7, 11) is 0. The second kappa shape index (κ2) is 10.1. The summed E-state index contributed by atoms with van der Waals surface area (Å²) in [5, 5.41) is 16.5. The molecule has 0 bridgehead atoms. The first-order valence-electron chi connectivity index (χ1n) is 6.90. The van der Waals surface area contributed by atoms with Crippen molar-refractivity contribution in [1.29, 1.82) is 0 Å². The summed E-state index contributed by atoms with van der Waals surface area (Å²) in [6, 6.07) is -0.480. The summed E-state index contributed by atoms with van der Waals surface area (Å²) in [6.45, 7) is 5.88. The third kappa shape index (κ3) is 10.2. The molecule has 3 amide bonds. The summed E-state index contributed by atoms with van der Waals surface area (Å²) < 4.78 is 0. The van der Waals surface area contributed by atoms with Gasteiger partial charge in [-0.1, -0.05) is 6.92 Å². The van der Waals surface area contributed by atoms with Crippen molar-refractivity contribution < 1.29 is 19.5 Å². The van der Waals surface area contributed by atoms with Crippen molar-refractivity contribution in [2.45, 2.75) is 58.5 Å². The first kappa shape index (κ1) is 18.2. The minimum absolute atomic E-state index is 0.0127. The zero-order chi connectivity index (χ0) is 15.5. The predicted molar refractivity (Wildman–Crippen MR) is 75.4 cm³/mol. The molecule has 4 N–H and O–H groups in total. The zero-order valence-corrected chi connectivity index (χ0v) is 12.4. The summed E-state index contributed by atoms with van der Waals surface area (Å²) in [6.07, 6.45) is 1.47. The van der Waals surface area contributed by atoms with Crippen LogP contribution in [0.5, 0.6) is 0 Å². The van der Waals surface area contributed by atoms with E-state index < -0.39 is 5.97 Å². The van der Waals surface area contributed by atoms with Gasteiger partial charge in [0.1, 0.15) is 0 Å². The minimum Gasteiger partial charge on any atom is -0.481 e. The fourth-order valence-electron chi connectivity index (χ4n) is 1.43. The smallest absolute Gasteiger partial charge is 0.315 e. The molecule has 0 aliphatic rings. The van der Waals surface area contributed by atoms with Crippen LogP contribution in [0.2, 0.25) is 0 Å². The van der Waals surface area contributed by atoms with Gasteiger partial charge in [0.05, 0.1) is 0 Å². The van der Waals surface area contributed by atoms with Gasteiger partial charge >= 0.3 is 12.0 Å². The molecule has 0 spiro atoms. The number of aliphatic carboxylic acids is 1. The van der Waals surface area contributed by atoms with Gasteiger partial charge in [-0.15, -0.1) is 0 Å². The average molecular weight is 287 g/mol. The first-order chi connectivity index (χ1) is 9.35. The van der Waals surface area contributed by atoms with Crippen LogP contribution in [0.1, 0.15) is 46.5 Å². The molecule has 20 heavy (non-hydrogen) atoms. The second-order valence-electron chi connectivity index (χ2n) is 4.86. The molecular weight excluding hydrogens is 262 g/mol. The number of hydrogen-bond donors (Lipinski definition) is 4. The highest BCUT2D eigenvalue weighted by Gasteiger charge is 2.10. The third-order valence-corrected chi connectivity index (χ3v) is 2.83. The maximum Gasteiger partial charge on any atom is 0.315 e. The van der Waals surface area contributed by atoms with Crippen LogP contribution >= 0.6 is 0 Å². The van der Waals surface area contributed by atoms with Crippen LogP contribution in [0.25, 0.3) is 0 Å². The third-order valence-electron chi connectivity index (χ3n) is 2.83. The van der Waals surface area contributed by atoms with Crippen LogP contribution in [0.4, 0.5) is 4.79 Å². The zero-order valence-electron chi connectivity index (χ0n) is 12.4. The van der Waals surface area contributed by atoms with Gasteiger partial charge in [0.2, 0.25) is 5.91 Å². The normalized spacial score (nSPS) is 13.2. The topological polar surface area (TPSA) is 108 Å². The van der Waals surface area contributed by atoms with Gasteiger partial charge < -0.3 is 21.1 Å². The molecule has 0 rings (SSSR count). The number of carboxylic acids is 1. The van der Waals surface area contributed by atoms with Gasteiger partial charge in [-0.3, -0.25) is 9.59 Å². The molecule has 0 aromatic rings. The number of nitrogens with one attached hydrogen (secondary N) is 3. The van der Waals surface area contributed by atoms with Crippen LogP contribution in [0, 0.1) is 0 Å². The quantitative estimate of drug-likeness (QED) is 0.504. The van der Waals surface area contributed by atoms with E-state index in [9.17, 15) is 14.4 Å². The van der Waals surface area contributed by atoms with E-state index in [-0.39, 0.29) is 43.4 Å². The number of rotatable bonds is 9. The van der Waals surface area contributed by atoms with Crippen LogP contribution in [0.3, 0.4) is 0 Å². The maximum atomic E-state index is 11.5. The van der Waals surface area contributed by atoms with Gasteiger partial charge in [0.25, 0.3) is 0 Å². The highest BCUT2D eigenvalue weighted by Crippen LogP contribution is 1.96. The standard InChI is InChI=1S/C13H25N3O4/c1-4-9(2)15-11(17)7-8-14-13(20)16-10(3)5-6-12(18)19/h9-10H,4-8H2,1-3H3,(H,15,17)(H,18,19)(H2,14,16,20). The van der Waals surface area contributed by atoms with Crippen molar-refractivity contribution in [3.05, 3.63) is 0 Å². The monoisotopic (exact) mass is 287 g/mol. The fourth-order valence-corrected chi connectivity index (χ4v) is 1.43. The molecule has 0 radical (unpaired) electrons. The number of carboxylic acid groups (broad SMARTS) is 1. The molecule has 7 nitrogen and oxygen atoms in total. The molecule has 0 aliphatic heterocycles. The molecule has 116 valence electrons. The lowest BCUT2D eigenvalue weighted by Gasteiger charge is -2.14. The lowest BCUT2D eigenvalue weighted by atomic mass is 10.2. The Morgan fingerprint density at radius 1 is 1.05 bits per heavy atom. The van der Waals surface area contributed by atoms with Crippen molar-refractivity contribution in [3.63, 3.8) is 0 Å². The summed E-state index contributed by atoms with van der Waals surface area (Å²) in [4.78, 5) is 33.3. The van der Waals surface area contributed by atoms with Gasteiger partial charge in [0.15, 0.2) is 0 Å². The molecule has 2 unspecified atom stereocenters. The van der Waals surface area contributed by atoms with E-state index in [1.54, 1.807) is 6.92 Å². The second-order valence-corrected chi connectivity index (χ2v) is 4.86. The molecule has 0 aromatic carbocycles. The molecule has 0 saturated carbocycles. The van der Waals surface area contributed by atoms with Crippen LogP contribution in [0.15, 0.2) is 0 Å². The fraction of sp³-hybridized carbons (Fsp3) is 0.769. The Balaban J connectivity index is 3.72. The summed E-state index contributed by atoms with van der Waals surface area (Å²) >= 11 is 0. The number of amides is 3. The molecule has 0 aromatic heterocycles. The van der Waals surface area contributed by atoms with E-state index in [1.165, 1.54) is 0 Å². The Labute approximate surface area is 119 Å². The summed E-state index contributed by atoms with van der Waals surface area (Å²) in [5.41, 5.74) is 0. The Morgan fingerprint density at radius 2 is 1.70 bits per heavy atom. The lowest BCUT2D eigenvalue weighted by molar-refractivity contribution is -0.137. The van der Waals surface area contributed by atoms with E-state index in [0.29, 0.717) is 6.42 Å². The first-order valence-corrected chi connectivity index (χ1v) is 6.90. The SMILES string of the molecule is CCC(C)NC(=O)CCNC(=O)NC(C)CCC(=O)O. The van der Waals surface area contributed by atoms with Gasteiger partial charge in [0, 0.05) is 31.5 Å². The molecule has 0 saturated heterocycles. The van der Waals surface area contributed by atoms with Crippen LogP contribution in [-0.4, -0.2) is 41.6 Å². The molecule has 0 fully saturated rings. The van der Waals surface area contributed by atoms with E-state index in [1.807, 2.05) is 13.8 Å². The van der Waals surface area contributed by atoms with Crippen LogP contribution in [-0.2, 0) is 9.59 Å². The van der Waals surface area contributed by atoms with Crippen molar-refractivity contribution in [1.82, 2.24) is 16.0 Å². The predicted octanol–water partition coefficient (Wildman–Crippen LogP) is 0.844. The van der Waals surface area contributed by atoms with Crippen molar-refractivity contribution >= 4 is 17.9 Å². The van der Waals surface area contributed by atoms with Crippen molar-refractivity contribution in [3.8, 4) is 0 Å². The largest absolute Gasteiger partial charge is 0.481 e. The van der Waals surface area contributed by atoms with E-state index in [2.05, 4.69) is 16.0 Å². The maximum absolute atomic E-state index is 11.5. The highest BCUT2D eigenvalue weighted by molar-refractivity contribution is 5.78. The Kier molecular flexibility index (Phi) is 9.15. The van der Waals surface area contributed by atoms with Gasteiger partial charge in [-0.05, 0) is 26.7 Å². The molecule has 2 atom stereocenters. The number of carbonyl (C=O) groups is 3. The van der Waals surface area contributed by atoms with Crippen molar-refractivity contribution in [2.24, 2.45) is 0 Å². The minimum atomic E-state index is -0.888. The van der Waals surface area contributed by atoms with E-state index in [0.717, 1.165) is 6.42 Å². The molecule has 0 aliphatic carbocycles. The average Bonchev–Trinajstić information content (AvgIpc) is 2.36. The van der Waals surface area contributed by atoms with Crippen molar-refractivity contribution in [2.75, 3.05) is 6.54 Å². The number of urea groups is 1. The Bertz CT molecular complexity index is 334. The highest BCUT2D eigenvalue weighted by atomic mass is 16.4. The number of hydrogen-bond acceptors (Lipinski definition) is 3. The molecule has 0 heterocycles. The Morgan fingerprint density at radius 3 is 2.25 bits per heavy atom. The van der Waals surface area contributed by atoms with Crippen LogP contribution < -0.4 is 16.0 Å². The molecular formula is C13H25N3O4. The lowest BCUT2D eigenvalue weighted by Crippen LogP contribution is -2.42. The molecule has 7 heteroatoms. The van der Waals surface area contributed by atoms with E-state index >= 15 is 0 Å². The summed E-state index contributed by atoms with van der Waals surface area (Å²) in [5.74, 6) is -0.987. The van der Waals surface area contributed by atoms with E-state index in [4.69, 9.17) is 5.11 Å². The van der Waals surface area contributed by atoms with Gasteiger partial charge in [-0.25, -0.2) is 4.79 Å². The van der Waals surface area contributed by atoms with Gasteiger partial charge in [-0.2, -0.15) is 0 Å². The number of carbonyl (C=O) groups excluding carboxylic acids is 2.